The average Bonchev–Trinajstić information content (AvgIpc) is 2.93. The molecule has 1 aliphatic rings. The van der Waals surface area contributed by atoms with Crippen molar-refractivity contribution >= 4 is 11.8 Å². The molecule has 20 heavy (non-hydrogen) atoms. The van der Waals surface area contributed by atoms with Gasteiger partial charge in [-0.2, -0.15) is 5.10 Å². The highest BCUT2D eigenvalue weighted by Gasteiger charge is 2.44. The molecule has 0 amide bonds. The number of carbonyl (C=O) groups excluding carboxylic acids is 1. The first-order chi connectivity index (χ1) is 9.51. The zero-order chi connectivity index (χ0) is 14.9. The van der Waals surface area contributed by atoms with Gasteiger partial charge in [0.1, 0.15) is 29.7 Å². The van der Waals surface area contributed by atoms with E-state index in [1.165, 1.54) is 6.20 Å². The molecule has 1 aromatic rings. The molecule has 4 atom stereocenters. The summed E-state index contributed by atoms with van der Waals surface area (Å²) in [5.74, 6) is -0.679. The van der Waals surface area contributed by atoms with Crippen molar-refractivity contribution in [2.24, 2.45) is 0 Å². The summed E-state index contributed by atoms with van der Waals surface area (Å²) in [4.78, 5) is 11.6. The summed E-state index contributed by atoms with van der Waals surface area (Å²) in [5, 5.41) is 32.4. The predicted molar refractivity (Wildman–Crippen MR) is 65.6 cm³/mol. The van der Waals surface area contributed by atoms with Crippen molar-refractivity contribution < 1.29 is 29.6 Å². The minimum atomic E-state index is -1.32. The Bertz CT molecular complexity index is 491. The zero-order valence-electron chi connectivity index (χ0n) is 10.8. The first kappa shape index (κ1) is 14.7. The maximum atomic E-state index is 11.6. The smallest absolute Gasteiger partial charge is 0.343 e. The number of ether oxygens (including phenoxy) is 2. The molecule has 5 N–H and O–H groups in total. The fourth-order valence-corrected chi connectivity index (χ4v) is 2.02. The molecular formula is C11H17N3O6. The summed E-state index contributed by atoms with van der Waals surface area (Å²) in [6.07, 6.45) is -3.40. The van der Waals surface area contributed by atoms with E-state index in [0.717, 1.165) is 4.68 Å². The molecule has 0 saturated carbocycles. The molecule has 1 aromatic heterocycles. The Morgan fingerprint density at radius 1 is 1.55 bits per heavy atom. The first-order valence-corrected chi connectivity index (χ1v) is 6.13. The number of carbonyl (C=O) groups is 1. The van der Waals surface area contributed by atoms with Crippen molar-refractivity contribution in [2.45, 2.75) is 31.5 Å². The van der Waals surface area contributed by atoms with Crippen molar-refractivity contribution in [3.63, 3.8) is 0 Å². The largest absolute Gasteiger partial charge is 0.462 e. The van der Waals surface area contributed by atoms with E-state index in [4.69, 9.17) is 20.3 Å². The van der Waals surface area contributed by atoms with Crippen LogP contribution in [0, 0.1) is 0 Å². The van der Waals surface area contributed by atoms with Crippen molar-refractivity contribution in [3.05, 3.63) is 11.8 Å². The molecule has 1 fully saturated rings. The standard InChI is InChI=1S/C11H17N3O6/c1-2-19-11(18)5-3-13-14(9(5)12)10-8(17)7(16)6(4-15)20-10/h3,6-8,10,15-17H,2,4,12H2,1H3/t6-,7-,8-,10-/m1/s1. The van der Waals surface area contributed by atoms with E-state index in [2.05, 4.69) is 5.10 Å². The van der Waals surface area contributed by atoms with Gasteiger partial charge in [-0.3, -0.25) is 0 Å². The Kier molecular flexibility index (Phi) is 4.23. The summed E-state index contributed by atoms with van der Waals surface area (Å²) in [5.41, 5.74) is 5.82. The molecule has 1 aliphatic heterocycles. The third-order valence-electron chi connectivity index (χ3n) is 3.09. The van der Waals surface area contributed by atoms with Crippen LogP contribution >= 0.6 is 0 Å². The molecule has 2 heterocycles. The highest BCUT2D eigenvalue weighted by molar-refractivity contribution is 5.93. The third kappa shape index (κ3) is 2.36. The van der Waals surface area contributed by atoms with Crippen LogP contribution in [0.3, 0.4) is 0 Å². The Morgan fingerprint density at radius 2 is 2.25 bits per heavy atom. The maximum Gasteiger partial charge on any atom is 0.343 e. The van der Waals surface area contributed by atoms with Gasteiger partial charge in [0.05, 0.1) is 19.4 Å². The van der Waals surface area contributed by atoms with Crippen LogP contribution in [-0.2, 0) is 9.47 Å². The highest BCUT2D eigenvalue weighted by Crippen LogP contribution is 2.31. The van der Waals surface area contributed by atoms with Gasteiger partial charge >= 0.3 is 5.97 Å². The Hall–Kier alpha value is -1.68. The number of esters is 1. The Morgan fingerprint density at radius 3 is 2.80 bits per heavy atom. The van der Waals surface area contributed by atoms with Gasteiger partial charge in [0.15, 0.2) is 6.23 Å². The van der Waals surface area contributed by atoms with Crippen LogP contribution in [0.5, 0.6) is 0 Å². The fourth-order valence-electron chi connectivity index (χ4n) is 2.02. The van der Waals surface area contributed by atoms with Crippen molar-refractivity contribution in [1.29, 1.82) is 0 Å². The van der Waals surface area contributed by atoms with E-state index in [9.17, 15) is 15.0 Å². The number of nitrogens with zero attached hydrogens (tertiary/aromatic N) is 2. The third-order valence-corrected chi connectivity index (χ3v) is 3.09. The van der Waals surface area contributed by atoms with E-state index in [-0.39, 0.29) is 18.0 Å². The highest BCUT2D eigenvalue weighted by atomic mass is 16.6. The molecule has 0 bridgehead atoms. The minimum absolute atomic E-state index is 0.0433. The number of anilines is 1. The van der Waals surface area contributed by atoms with E-state index in [0.29, 0.717) is 0 Å². The number of aliphatic hydroxyl groups is 3. The van der Waals surface area contributed by atoms with Crippen LogP contribution in [0.4, 0.5) is 5.82 Å². The van der Waals surface area contributed by atoms with Gasteiger partial charge in [-0.25, -0.2) is 9.48 Å². The lowest BCUT2D eigenvalue weighted by molar-refractivity contribution is -0.0574. The molecule has 0 aromatic carbocycles. The van der Waals surface area contributed by atoms with Crippen LogP contribution in [0.15, 0.2) is 6.20 Å². The van der Waals surface area contributed by atoms with E-state index in [1.807, 2.05) is 0 Å². The van der Waals surface area contributed by atoms with Crippen LogP contribution in [0.25, 0.3) is 0 Å². The number of nitrogens with two attached hydrogens (primary N) is 1. The van der Waals surface area contributed by atoms with Gasteiger partial charge in [-0.1, -0.05) is 0 Å². The molecule has 0 unspecified atom stereocenters. The summed E-state index contributed by atoms with van der Waals surface area (Å²) < 4.78 is 11.2. The summed E-state index contributed by atoms with van der Waals surface area (Å²) in [6.45, 7) is 1.39. The van der Waals surface area contributed by atoms with E-state index in [1.54, 1.807) is 6.92 Å². The predicted octanol–water partition coefficient (Wildman–Crippen LogP) is -1.75. The van der Waals surface area contributed by atoms with E-state index >= 15 is 0 Å². The van der Waals surface area contributed by atoms with Crippen LogP contribution in [0.1, 0.15) is 23.5 Å². The molecule has 0 aliphatic carbocycles. The first-order valence-electron chi connectivity index (χ1n) is 6.13. The second kappa shape index (κ2) is 5.75. The molecule has 9 nitrogen and oxygen atoms in total. The summed E-state index contributed by atoms with van der Waals surface area (Å²) >= 11 is 0. The van der Waals surface area contributed by atoms with Gasteiger partial charge in [0.25, 0.3) is 0 Å². The van der Waals surface area contributed by atoms with Gasteiger partial charge in [-0.05, 0) is 6.92 Å². The van der Waals surface area contributed by atoms with Crippen molar-refractivity contribution in [1.82, 2.24) is 9.78 Å². The molecule has 0 radical (unpaired) electrons. The second-order valence-corrected chi connectivity index (χ2v) is 4.34. The van der Waals surface area contributed by atoms with Gasteiger partial charge < -0.3 is 30.5 Å². The SMILES string of the molecule is CCOC(=O)c1cnn([C@@H]2O[C@H](CO)[C@@H](O)[C@H]2O)c1N. The number of hydrogen-bond acceptors (Lipinski definition) is 8. The normalized spacial score (nSPS) is 29.6. The summed E-state index contributed by atoms with van der Waals surface area (Å²) in [6, 6.07) is 0. The van der Waals surface area contributed by atoms with Crippen LogP contribution < -0.4 is 5.73 Å². The average molecular weight is 287 g/mol. The molecule has 112 valence electrons. The van der Waals surface area contributed by atoms with Gasteiger partial charge in [-0.15, -0.1) is 0 Å². The number of aromatic nitrogens is 2. The van der Waals surface area contributed by atoms with Gasteiger partial charge in [0.2, 0.25) is 0 Å². The quantitative estimate of drug-likeness (QED) is 0.478. The minimum Gasteiger partial charge on any atom is -0.462 e. The zero-order valence-corrected chi connectivity index (χ0v) is 10.8. The van der Waals surface area contributed by atoms with Gasteiger partial charge in [0, 0.05) is 0 Å². The number of aliphatic hydroxyl groups excluding tert-OH is 3. The lowest BCUT2D eigenvalue weighted by atomic mass is 10.1. The number of nitrogen functional groups attached to an aromatic ring is 1. The van der Waals surface area contributed by atoms with Crippen molar-refractivity contribution in [3.8, 4) is 0 Å². The Balaban J connectivity index is 2.24. The monoisotopic (exact) mass is 287 g/mol. The van der Waals surface area contributed by atoms with Crippen LogP contribution in [-0.4, -0.2) is 62.6 Å². The lowest BCUT2D eigenvalue weighted by Crippen LogP contribution is -2.33. The second-order valence-electron chi connectivity index (χ2n) is 4.34. The topological polar surface area (TPSA) is 140 Å². The molecule has 9 heteroatoms. The molecule has 1 saturated heterocycles. The fraction of sp³-hybridized carbons (Fsp3) is 0.636. The number of rotatable bonds is 4. The van der Waals surface area contributed by atoms with Crippen LogP contribution in [0.2, 0.25) is 0 Å². The Labute approximate surface area is 114 Å². The van der Waals surface area contributed by atoms with E-state index < -0.39 is 37.1 Å². The molecule has 0 spiro atoms. The van der Waals surface area contributed by atoms with Crippen molar-refractivity contribution in [2.75, 3.05) is 18.9 Å². The summed E-state index contributed by atoms with van der Waals surface area (Å²) in [7, 11) is 0. The molecule has 2 rings (SSSR count). The lowest BCUT2D eigenvalue weighted by Gasteiger charge is -2.16. The molecular weight excluding hydrogens is 270 g/mol. The number of hydrogen-bond donors (Lipinski definition) is 4. The maximum absolute atomic E-state index is 11.6.